The third-order valence-corrected chi connectivity index (χ3v) is 2.40. The SMILES string of the molecule is C/N=N\C(Cn1cc(C(N)=O)c(=O)n(C)c1=O)=N/C. The molecule has 1 heterocycles. The van der Waals surface area contributed by atoms with E-state index in [1.54, 1.807) is 0 Å². The second kappa shape index (κ2) is 5.85. The van der Waals surface area contributed by atoms with Gasteiger partial charge in [0, 0.05) is 27.3 Å². The zero-order valence-electron chi connectivity index (χ0n) is 10.8. The Kier molecular flexibility index (Phi) is 4.46. The number of hydrogen-bond donors (Lipinski definition) is 1. The van der Waals surface area contributed by atoms with E-state index in [-0.39, 0.29) is 17.9 Å². The van der Waals surface area contributed by atoms with Crippen LogP contribution in [0.4, 0.5) is 0 Å². The molecule has 2 N–H and O–H groups in total. The second-order valence-electron chi connectivity index (χ2n) is 3.62. The summed E-state index contributed by atoms with van der Waals surface area (Å²) in [5.41, 5.74) is 3.48. The quantitative estimate of drug-likeness (QED) is 0.417. The number of hydrogen-bond acceptors (Lipinski definition) is 5. The lowest BCUT2D eigenvalue weighted by Crippen LogP contribution is -2.42. The maximum Gasteiger partial charge on any atom is 0.331 e. The number of primary amides is 1. The molecule has 9 nitrogen and oxygen atoms in total. The number of nitrogens with two attached hydrogens (primary N) is 1. The number of amidine groups is 1. The molecule has 1 rings (SSSR count). The van der Waals surface area contributed by atoms with E-state index in [1.807, 2.05) is 0 Å². The predicted molar refractivity (Wildman–Crippen MR) is 68.6 cm³/mol. The molecule has 0 saturated carbocycles. The molecule has 0 aliphatic rings. The minimum absolute atomic E-state index is 0.0128. The fourth-order valence-electron chi connectivity index (χ4n) is 1.42. The summed E-state index contributed by atoms with van der Waals surface area (Å²) in [7, 11) is 4.22. The van der Waals surface area contributed by atoms with E-state index < -0.39 is 17.2 Å². The lowest BCUT2D eigenvalue weighted by molar-refractivity contribution is 0.0997. The third-order valence-electron chi connectivity index (χ3n) is 2.40. The number of carbonyl (C=O) groups excluding carboxylic acids is 1. The fourth-order valence-corrected chi connectivity index (χ4v) is 1.42. The minimum Gasteiger partial charge on any atom is -0.365 e. The Morgan fingerprint density at radius 3 is 2.47 bits per heavy atom. The lowest BCUT2D eigenvalue weighted by Gasteiger charge is -2.08. The van der Waals surface area contributed by atoms with Crippen molar-refractivity contribution in [2.24, 2.45) is 28.0 Å². The van der Waals surface area contributed by atoms with Crippen molar-refractivity contribution >= 4 is 11.7 Å². The molecular formula is C10H14N6O3. The molecule has 0 unspecified atom stereocenters. The van der Waals surface area contributed by atoms with Crippen LogP contribution < -0.4 is 17.0 Å². The van der Waals surface area contributed by atoms with Gasteiger partial charge in [0.15, 0.2) is 5.84 Å². The van der Waals surface area contributed by atoms with Crippen molar-refractivity contribution in [3.63, 3.8) is 0 Å². The lowest BCUT2D eigenvalue weighted by atomic mass is 10.3. The molecule has 0 aliphatic carbocycles. The molecule has 0 aromatic carbocycles. The number of carbonyl (C=O) groups is 1. The van der Waals surface area contributed by atoms with E-state index in [2.05, 4.69) is 15.2 Å². The zero-order chi connectivity index (χ0) is 14.6. The van der Waals surface area contributed by atoms with Crippen molar-refractivity contribution in [1.29, 1.82) is 0 Å². The first-order valence-electron chi connectivity index (χ1n) is 5.28. The Hall–Kier alpha value is -2.58. The maximum atomic E-state index is 11.9. The largest absolute Gasteiger partial charge is 0.365 e. The first kappa shape index (κ1) is 14.5. The molecule has 1 aromatic heterocycles. The molecule has 1 aromatic rings. The zero-order valence-corrected chi connectivity index (χ0v) is 10.8. The molecule has 0 bridgehead atoms. The van der Waals surface area contributed by atoms with Gasteiger partial charge in [0.25, 0.3) is 11.5 Å². The van der Waals surface area contributed by atoms with Gasteiger partial charge in [-0.25, -0.2) is 4.79 Å². The molecule has 9 heteroatoms. The summed E-state index contributed by atoms with van der Waals surface area (Å²) in [6.45, 7) is -0.0128. The first-order valence-corrected chi connectivity index (χ1v) is 5.28. The van der Waals surface area contributed by atoms with Crippen LogP contribution in [0, 0.1) is 0 Å². The Morgan fingerprint density at radius 2 is 2.00 bits per heavy atom. The number of aromatic nitrogens is 2. The minimum atomic E-state index is -0.901. The number of rotatable bonds is 3. The summed E-state index contributed by atoms with van der Waals surface area (Å²) < 4.78 is 1.93. The molecular weight excluding hydrogens is 252 g/mol. The van der Waals surface area contributed by atoms with Gasteiger partial charge in [0.2, 0.25) is 0 Å². The van der Waals surface area contributed by atoms with Crippen LogP contribution in [0.25, 0.3) is 0 Å². The van der Waals surface area contributed by atoms with Gasteiger partial charge in [-0.15, -0.1) is 5.11 Å². The third kappa shape index (κ3) is 3.00. The fraction of sp³-hybridized carbons (Fsp3) is 0.400. The van der Waals surface area contributed by atoms with Crippen molar-refractivity contribution in [2.75, 3.05) is 14.1 Å². The normalized spacial score (nSPS) is 12.1. The topological polar surface area (TPSA) is 124 Å². The highest BCUT2D eigenvalue weighted by Crippen LogP contribution is 1.91. The monoisotopic (exact) mass is 266 g/mol. The Balaban J connectivity index is 3.41. The van der Waals surface area contributed by atoms with Gasteiger partial charge in [-0.05, 0) is 0 Å². The molecule has 0 fully saturated rings. The molecule has 0 radical (unpaired) electrons. The molecule has 1 amide bonds. The van der Waals surface area contributed by atoms with Crippen LogP contribution in [0.2, 0.25) is 0 Å². The van der Waals surface area contributed by atoms with E-state index in [0.717, 1.165) is 15.3 Å². The number of nitrogens with zero attached hydrogens (tertiary/aromatic N) is 5. The highest BCUT2D eigenvalue weighted by Gasteiger charge is 2.13. The second-order valence-corrected chi connectivity index (χ2v) is 3.62. The van der Waals surface area contributed by atoms with E-state index in [0.29, 0.717) is 0 Å². The van der Waals surface area contributed by atoms with Crippen molar-refractivity contribution in [2.45, 2.75) is 6.54 Å². The molecule has 0 saturated heterocycles. The average molecular weight is 266 g/mol. The van der Waals surface area contributed by atoms with Gasteiger partial charge in [-0.2, -0.15) is 5.11 Å². The van der Waals surface area contributed by atoms with Gasteiger partial charge < -0.3 is 5.73 Å². The van der Waals surface area contributed by atoms with Crippen LogP contribution in [-0.4, -0.2) is 35.0 Å². The molecule has 0 spiro atoms. The first-order chi connectivity index (χ1) is 8.92. The van der Waals surface area contributed by atoms with Gasteiger partial charge in [-0.3, -0.25) is 23.7 Å². The van der Waals surface area contributed by atoms with Crippen LogP contribution in [0.3, 0.4) is 0 Å². The predicted octanol–water partition coefficient (Wildman–Crippen LogP) is -1.24. The van der Waals surface area contributed by atoms with Gasteiger partial charge in [-0.1, -0.05) is 0 Å². The summed E-state index contributed by atoms with van der Waals surface area (Å²) in [5.74, 6) is -0.625. The van der Waals surface area contributed by atoms with Crippen LogP contribution in [0.15, 0.2) is 31.0 Å². The van der Waals surface area contributed by atoms with Gasteiger partial charge in [0.1, 0.15) is 5.56 Å². The van der Waals surface area contributed by atoms with E-state index in [9.17, 15) is 14.4 Å². The van der Waals surface area contributed by atoms with Gasteiger partial charge in [0.05, 0.1) is 6.54 Å². The highest BCUT2D eigenvalue weighted by atomic mass is 16.2. The smallest absolute Gasteiger partial charge is 0.331 e. The Bertz CT molecular complexity index is 667. The molecule has 102 valence electrons. The molecule has 19 heavy (non-hydrogen) atoms. The Labute approximate surface area is 108 Å². The summed E-state index contributed by atoms with van der Waals surface area (Å²) in [5, 5.41) is 7.27. The van der Waals surface area contributed by atoms with Crippen LogP contribution in [0.5, 0.6) is 0 Å². The summed E-state index contributed by atoms with van der Waals surface area (Å²) in [6, 6.07) is 0. The average Bonchev–Trinajstić information content (AvgIpc) is 2.38. The molecule has 0 atom stereocenters. The van der Waals surface area contributed by atoms with Gasteiger partial charge >= 0.3 is 5.69 Å². The van der Waals surface area contributed by atoms with Crippen LogP contribution in [-0.2, 0) is 13.6 Å². The van der Waals surface area contributed by atoms with Crippen molar-refractivity contribution in [1.82, 2.24) is 9.13 Å². The maximum absolute atomic E-state index is 11.9. The number of aliphatic imine (C=N–C) groups is 1. The van der Waals surface area contributed by atoms with Crippen molar-refractivity contribution < 1.29 is 4.79 Å². The summed E-state index contributed by atoms with van der Waals surface area (Å²) >= 11 is 0. The van der Waals surface area contributed by atoms with Crippen LogP contribution >= 0.6 is 0 Å². The number of amides is 1. The highest BCUT2D eigenvalue weighted by molar-refractivity contribution is 5.92. The van der Waals surface area contributed by atoms with Crippen LogP contribution in [0.1, 0.15) is 10.4 Å². The van der Waals surface area contributed by atoms with Crippen molar-refractivity contribution in [3.05, 3.63) is 32.6 Å². The van der Waals surface area contributed by atoms with E-state index in [1.165, 1.54) is 21.1 Å². The van der Waals surface area contributed by atoms with E-state index >= 15 is 0 Å². The standard InChI is InChI=1S/C10H14N6O3/c1-12-7(14-13-2)5-16-4-6(8(11)17)9(18)15(3)10(16)19/h4H,5H2,1-3H3,(H2,11,17)/b12-7-,14-13-. The van der Waals surface area contributed by atoms with Crippen molar-refractivity contribution in [3.8, 4) is 0 Å². The van der Waals surface area contributed by atoms with E-state index in [4.69, 9.17) is 5.73 Å². The Morgan fingerprint density at radius 1 is 1.37 bits per heavy atom. The molecule has 0 aliphatic heterocycles. The summed E-state index contributed by atoms with van der Waals surface area (Å²) in [6.07, 6.45) is 1.10. The number of azo groups is 1. The summed E-state index contributed by atoms with van der Waals surface area (Å²) in [4.78, 5) is 38.5.